The van der Waals surface area contributed by atoms with Gasteiger partial charge in [-0.3, -0.25) is 9.59 Å². The highest BCUT2D eigenvalue weighted by atomic mass is 16.4. The summed E-state index contributed by atoms with van der Waals surface area (Å²) < 4.78 is 0. The van der Waals surface area contributed by atoms with Crippen LogP contribution in [0.15, 0.2) is 18.2 Å². The van der Waals surface area contributed by atoms with E-state index in [1.54, 1.807) is 0 Å². The van der Waals surface area contributed by atoms with Gasteiger partial charge in [0.05, 0.1) is 0 Å². The summed E-state index contributed by atoms with van der Waals surface area (Å²) in [7, 11) is 0. The zero-order chi connectivity index (χ0) is 13.9. The number of carboxylic acids is 1. The molecule has 0 spiro atoms. The minimum Gasteiger partial charge on any atom is -0.480 e. The molecule has 0 aliphatic rings. The molecule has 18 heavy (non-hydrogen) atoms. The summed E-state index contributed by atoms with van der Waals surface area (Å²) in [5, 5.41) is 11.6. The lowest BCUT2D eigenvalue weighted by molar-refractivity contribution is -0.153. The van der Waals surface area contributed by atoms with Gasteiger partial charge in [-0.2, -0.15) is 0 Å². The highest BCUT2D eigenvalue weighted by molar-refractivity contribution is 6.00. The monoisotopic (exact) mass is 249 g/mol. The normalized spacial score (nSPS) is 11.1. The average Bonchev–Trinajstić information content (AvgIpc) is 2.29. The van der Waals surface area contributed by atoms with Crippen LogP contribution in [-0.4, -0.2) is 17.0 Å². The van der Waals surface area contributed by atoms with Gasteiger partial charge < -0.3 is 10.4 Å². The number of aryl methyl sites for hydroxylation is 2. The van der Waals surface area contributed by atoms with E-state index < -0.39 is 17.3 Å². The minimum absolute atomic E-state index is 0.350. The maximum Gasteiger partial charge on any atom is 0.318 e. The first-order valence-corrected chi connectivity index (χ1v) is 5.83. The van der Waals surface area contributed by atoms with Crippen LogP contribution in [0.25, 0.3) is 0 Å². The number of carboxylic acid groups (broad SMARTS) is 1. The summed E-state index contributed by atoms with van der Waals surface area (Å²) in [6.45, 7) is 7.08. The SMILES string of the molecule is Cc1ccc(C)c(CNC(=O)C(C)(C)C(=O)O)c1. The summed E-state index contributed by atoms with van der Waals surface area (Å²) in [6.07, 6.45) is 0. The molecule has 0 fully saturated rings. The van der Waals surface area contributed by atoms with Crippen molar-refractivity contribution in [3.05, 3.63) is 34.9 Å². The second-order valence-corrected chi connectivity index (χ2v) is 5.04. The Bertz CT molecular complexity index is 478. The predicted molar refractivity (Wildman–Crippen MR) is 69.2 cm³/mol. The highest BCUT2D eigenvalue weighted by Crippen LogP contribution is 2.16. The Kier molecular flexibility index (Phi) is 4.11. The Morgan fingerprint density at radius 2 is 1.89 bits per heavy atom. The largest absolute Gasteiger partial charge is 0.480 e. The number of carbonyl (C=O) groups excluding carboxylic acids is 1. The lowest BCUT2D eigenvalue weighted by Crippen LogP contribution is -2.42. The number of aliphatic carboxylic acids is 1. The van der Waals surface area contributed by atoms with E-state index in [1.807, 2.05) is 32.0 Å². The fraction of sp³-hybridized carbons (Fsp3) is 0.429. The van der Waals surface area contributed by atoms with Gasteiger partial charge in [0.2, 0.25) is 5.91 Å². The van der Waals surface area contributed by atoms with Gasteiger partial charge in [0, 0.05) is 6.54 Å². The van der Waals surface area contributed by atoms with Gasteiger partial charge in [-0.25, -0.2) is 0 Å². The van der Waals surface area contributed by atoms with Crippen molar-refractivity contribution < 1.29 is 14.7 Å². The molecule has 4 nitrogen and oxygen atoms in total. The first-order valence-electron chi connectivity index (χ1n) is 5.83. The van der Waals surface area contributed by atoms with Crippen LogP contribution in [0.3, 0.4) is 0 Å². The topological polar surface area (TPSA) is 66.4 Å². The fourth-order valence-corrected chi connectivity index (χ4v) is 1.48. The number of carbonyl (C=O) groups is 2. The standard InChI is InChI=1S/C14H19NO3/c1-9-5-6-10(2)11(7-9)8-15-12(16)14(3,4)13(17)18/h5-7H,8H2,1-4H3,(H,15,16)(H,17,18). The number of benzene rings is 1. The Balaban J connectivity index is 2.74. The van der Waals surface area contributed by atoms with Gasteiger partial charge in [0.1, 0.15) is 5.41 Å². The molecule has 4 heteroatoms. The molecule has 0 bridgehead atoms. The fourth-order valence-electron chi connectivity index (χ4n) is 1.48. The molecular formula is C14H19NO3. The molecule has 0 saturated carbocycles. The van der Waals surface area contributed by atoms with E-state index in [2.05, 4.69) is 5.32 Å². The number of amides is 1. The van der Waals surface area contributed by atoms with Crippen molar-refractivity contribution in [3.63, 3.8) is 0 Å². The summed E-state index contributed by atoms with van der Waals surface area (Å²) in [5.41, 5.74) is 1.79. The van der Waals surface area contributed by atoms with Gasteiger partial charge in [-0.1, -0.05) is 23.8 Å². The average molecular weight is 249 g/mol. The van der Waals surface area contributed by atoms with E-state index in [4.69, 9.17) is 5.11 Å². The van der Waals surface area contributed by atoms with Gasteiger partial charge in [0.15, 0.2) is 0 Å². The van der Waals surface area contributed by atoms with Crippen molar-refractivity contribution in [2.75, 3.05) is 0 Å². The zero-order valence-corrected chi connectivity index (χ0v) is 11.2. The van der Waals surface area contributed by atoms with Crippen LogP contribution in [0.2, 0.25) is 0 Å². The zero-order valence-electron chi connectivity index (χ0n) is 11.2. The lowest BCUT2D eigenvalue weighted by atomic mass is 9.92. The molecule has 0 saturated heterocycles. The van der Waals surface area contributed by atoms with Crippen molar-refractivity contribution in [2.45, 2.75) is 34.2 Å². The highest BCUT2D eigenvalue weighted by Gasteiger charge is 2.35. The summed E-state index contributed by atoms with van der Waals surface area (Å²) >= 11 is 0. The molecule has 0 unspecified atom stereocenters. The van der Waals surface area contributed by atoms with Crippen LogP contribution in [0.5, 0.6) is 0 Å². The van der Waals surface area contributed by atoms with Crippen molar-refractivity contribution in [2.24, 2.45) is 5.41 Å². The maximum atomic E-state index is 11.8. The van der Waals surface area contributed by atoms with Crippen molar-refractivity contribution in [3.8, 4) is 0 Å². The molecule has 1 rings (SSSR count). The number of nitrogens with one attached hydrogen (secondary N) is 1. The second-order valence-electron chi connectivity index (χ2n) is 5.04. The van der Waals surface area contributed by atoms with E-state index in [0.717, 1.165) is 16.7 Å². The van der Waals surface area contributed by atoms with Crippen LogP contribution < -0.4 is 5.32 Å². The van der Waals surface area contributed by atoms with E-state index in [0.29, 0.717) is 6.54 Å². The Morgan fingerprint density at radius 3 is 2.44 bits per heavy atom. The molecule has 0 atom stereocenters. The quantitative estimate of drug-likeness (QED) is 0.802. The number of hydrogen-bond acceptors (Lipinski definition) is 2. The predicted octanol–water partition coefficient (Wildman–Crippen LogP) is 2.03. The number of rotatable bonds is 4. The number of hydrogen-bond donors (Lipinski definition) is 2. The molecule has 1 aromatic carbocycles. The maximum absolute atomic E-state index is 11.8. The molecule has 2 N–H and O–H groups in total. The van der Waals surface area contributed by atoms with Gasteiger partial charge in [0.25, 0.3) is 0 Å². The molecule has 98 valence electrons. The molecule has 0 aliphatic heterocycles. The van der Waals surface area contributed by atoms with Crippen LogP contribution in [0.4, 0.5) is 0 Å². The van der Waals surface area contributed by atoms with E-state index >= 15 is 0 Å². The van der Waals surface area contributed by atoms with Crippen molar-refractivity contribution >= 4 is 11.9 Å². The summed E-state index contributed by atoms with van der Waals surface area (Å²) in [6, 6.07) is 5.98. The molecule has 0 radical (unpaired) electrons. The first-order chi connectivity index (χ1) is 8.25. The van der Waals surface area contributed by atoms with Crippen LogP contribution in [0.1, 0.15) is 30.5 Å². The Hall–Kier alpha value is -1.84. The third kappa shape index (κ3) is 3.09. The van der Waals surface area contributed by atoms with Gasteiger partial charge >= 0.3 is 5.97 Å². The lowest BCUT2D eigenvalue weighted by Gasteiger charge is -2.19. The molecule has 0 heterocycles. The third-order valence-electron chi connectivity index (χ3n) is 3.05. The molecule has 1 amide bonds. The first kappa shape index (κ1) is 14.2. The summed E-state index contributed by atoms with van der Waals surface area (Å²) in [4.78, 5) is 22.7. The van der Waals surface area contributed by atoms with E-state index in [1.165, 1.54) is 13.8 Å². The Morgan fingerprint density at radius 1 is 1.28 bits per heavy atom. The van der Waals surface area contributed by atoms with Crippen LogP contribution in [-0.2, 0) is 16.1 Å². The van der Waals surface area contributed by atoms with Crippen LogP contribution in [0, 0.1) is 19.3 Å². The minimum atomic E-state index is -1.41. The molecule has 0 aromatic heterocycles. The molecule has 1 aromatic rings. The van der Waals surface area contributed by atoms with E-state index in [-0.39, 0.29) is 0 Å². The second kappa shape index (κ2) is 5.21. The summed E-state index contributed by atoms with van der Waals surface area (Å²) in [5.74, 6) is -1.60. The molecular weight excluding hydrogens is 230 g/mol. The smallest absolute Gasteiger partial charge is 0.318 e. The van der Waals surface area contributed by atoms with Crippen molar-refractivity contribution in [1.29, 1.82) is 0 Å². The molecule has 0 aliphatic carbocycles. The van der Waals surface area contributed by atoms with E-state index in [9.17, 15) is 9.59 Å². The van der Waals surface area contributed by atoms with Gasteiger partial charge in [-0.15, -0.1) is 0 Å². The third-order valence-corrected chi connectivity index (χ3v) is 3.05. The Labute approximate surface area is 107 Å². The van der Waals surface area contributed by atoms with Gasteiger partial charge in [-0.05, 0) is 38.8 Å². The van der Waals surface area contributed by atoms with Crippen LogP contribution >= 0.6 is 0 Å². The van der Waals surface area contributed by atoms with Crippen molar-refractivity contribution in [1.82, 2.24) is 5.32 Å².